The van der Waals surface area contributed by atoms with E-state index in [-0.39, 0.29) is 48.7 Å². The SMILES string of the molecule is CC(C)[C@H](c1ccc(Cl)cc1)[C@H](N=[N+]=[N-])C(=O)Cc1cncc(F)c1CC[C@@H](CNC[C@@H](C)O)NS(=O)(=O)c1ccccc1. The average Bonchev–Trinajstić information content (AvgIpc) is 2.97. The van der Waals surface area contributed by atoms with Crippen molar-refractivity contribution in [3.8, 4) is 0 Å². The lowest BCUT2D eigenvalue weighted by Crippen LogP contribution is -2.43. The second-order valence-corrected chi connectivity index (χ2v) is 13.2. The number of pyridine rings is 1. The van der Waals surface area contributed by atoms with Gasteiger partial charge in [-0.1, -0.05) is 60.9 Å². The summed E-state index contributed by atoms with van der Waals surface area (Å²) in [5.74, 6) is -1.55. The molecule has 0 radical (unpaired) electrons. The number of nitrogens with one attached hydrogen (secondary N) is 2. The summed E-state index contributed by atoms with van der Waals surface area (Å²) in [4.78, 5) is 20.7. The van der Waals surface area contributed by atoms with E-state index in [1.54, 1.807) is 49.4 Å². The molecule has 44 heavy (non-hydrogen) atoms. The van der Waals surface area contributed by atoms with Gasteiger partial charge in [-0.15, -0.1) is 0 Å². The zero-order valence-corrected chi connectivity index (χ0v) is 26.5. The van der Waals surface area contributed by atoms with Crippen molar-refractivity contribution in [1.29, 1.82) is 0 Å². The Labute approximate surface area is 262 Å². The minimum absolute atomic E-state index is 0.0757. The molecule has 4 atom stereocenters. The maximum Gasteiger partial charge on any atom is 0.240 e. The fourth-order valence-electron chi connectivity index (χ4n) is 5.11. The molecule has 0 aliphatic rings. The Kier molecular flexibility index (Phi) is 13.3. The van der Waals surface area contributed by atoms with Gasteiger partial charge in [0.1, 0.15) is 17.6 Å². The number of rotatable bonds is 17. The van der Waals surface area contributed by atoms with Gasteiger partial charge in [-0.25, -0.2) is 17.5 Å². The van der Waals surface area contributed by atoms with Crippen LogP contribution in [0.25, 0.3) is 10.4 Å². The maximum atomic E-state index is 15.2. The molecule has 0 saturated carbocycles. The number of ketones is 1. The number of hydrogen-bond donors (Lipinski definition) is 3. The summed E-state index contributed by atoms with van der Waals surface area (Å²) in [7, 11) is -3.89. The van der Waals surface area contributed by atoms with Crippen LogP contribution >= 0.6 is 11.6 Å². The van der Waals surface area contributed by atoms with E-state index in [0.717, 1.165) is 11.8 Å². The van der Waals surface area contributed by atoms with Crippen LogP contribution in [0.3, 0.4) is 0 Å². The molecule has 2 aromatic carbocycles. The lowest BCUT2D eigenvalue weighted by molar-refractivity contribution is -0.120. The van der Waals surface area contributed by atoms with E-state index in [4.69, 9.17) is 11.6 Å². The molecule has 10 nitrogen and oxygen atoms in total. The number of sulfonamides is 1. The predicted octanol–water partition coefficient (Wildman–Crippen LogP) is 5.35. The summed E-state index contributed by atoms with van der Waals surface area (Å²) in [5.41, 5.74) is 10.7. The zero-order chi connectivity index (χ0) is 32.3. The number of azide groups is 1. The molecular formula is C31H38ClFN6O4S. The van der Waals surface area contributed by atoms with Gasteiger partial charge in [-0.05, 0) is 72.2 Å². The van der Waals surface area contributed by atoms with Gasteiger partial charge in [-0.2, -0.15) is 0 Å². The summed E-state index contributed by atoms with van der Waals surface area (Å²) in [6, 6.07) is 13.2. The third kappa shape index (κ3) is 10.1. The van der Waals surface area contributed by atoms with Crippen molar-refractivity contribution < 1.29 is 22.7 Å². The molecule has 1 heterocycles. The highest BCUT2D eigenvalue weighted by Gasteiger charge is 2.32. The predicted molar refractivity (Wildman–Crippen MR) is 168 cm³/mol. The lowest BCUT2D eigenvalue weighted by atomic mass is 9.80. The Morgan fingerprint density at radius 1 is 1.09 bits per heavy atom. The molecule has 1 aromatic heterocycles. The van der Waals surface area contributed by atoms with Crippen LogP contribution in [-0.4, -0.2) is 55.6 Å². The summed E-state index contributed by atoms with van der Waals surface area (Å²) in [6.45, 7) is 5.85. The molecule has 0 amide bonds. The van der Waals surface area contributed by atoms with Crippen LogP contribution in [0.1, 0.15) is 49.8 Å². The van der Waals surface area contributed by atoms with Gasteiger partial charge in [0.05, 0.1) is 17.2 Å². The number of carbonyl (C=O) groups excluding carboxylic acids is 1. The van der Waals surface area contributed by atoms with E-state index in [9.17, 15) is 23.8 Å². The van der Waals surface area contributed by atoms with Crippen LogP contribution in [0.2, 0.25) is 5.02 Å². The lowest BCUT2D eigenvalue weighted by Gasteiger charge is -2.27. The number of nitrogens with zero attached hydrogens (tertiary/aromatic N) is 4. The third-order valence-corrected chi connectivity index (χ3v) is 9.02. The highest BCUT2D eigenvalue weighted by atomic mass is 35.5. The maximum absolute atomic E-state index is 15.2. The van der Waals surface area contributed by atoms with Crippen LogP contribution in [-0.2, 0) is 27.7 Å². The van der Waals surface area contributed by atoms with Gasteiger partial charge < -0.3 is 10.4 Å². The monoisotopic (exact) mass is 644 g/mol. The molecule has 0 bridgehead atoms. The van der Waals surface area contributed by atoms with Gasteiger partial charge in [0.25, 0.3) is 0 Å². The highest BCUT2D eigenvalue weighted by Crippen LogP contribution is 2.32. The third-order valence-electron chi connectivity index (χ3n) is 7.23. The second kappa shape index (κ2) is 16.6. The zero-order valence-electron chi connectivity index (χ0n) is 24.9. The topological polar surface area (TPSA) is 157 Å². The van der Waals surface area contributed by atoms with Crippen molar-refractivity contribution in [2.45, 2.75) is 69.0 Å². The summed E-state index contributed by atoms with van der Waals surface area (Å²) >= 11 is 6.05. The van der Waals surface area contributed by atoms with Crippen molar-refractivity contribution in [1.82, 2.24) is 15.0 Å². The Balaban J connectivity index is 1.85. The molecule has 3 rings (SSSR count). The van der Waals surface area contributed by atoms with E-state index in [1.807, 2.05) is 13.8 Å². The van der Waals surface area contributed by atoms with Crippen LogP contribution in [0.15, 0.2) is 77.0 Å². The molecule has 13 heteroatoms. The fourth-order valence-corrected chi connectivity index (χ4v) is 6.53. The summed E-state index contributed by atoms with van der Waals surface area (Å²) < 4.78 is 44.0. The van der Waals surface area contributed by atoms with E-state index < -0.39 is 45.7 Å². The Bertz CT molecular complexity index is 1530. The van der Waals surface area contributed by atoms with Crippen LogP contribution < -0.4 is 10.0 Å². The van der Waals surface area contributed by atoms with Crippen molar-refractivity contribution >= 4 is 27.4 Å². The van der Waals surface area contributed by atoms with Gasteiger partial charge in [-0.3, -0.25) is 9.78 Å². The summed E-state index contributed by atoms with van der Waals surface area (Å²) in [5, 5.41) is 17.1. The fraction of sp³-hybridized carbons (Fsp3) is 0.419. The number of benzene rings is 2. The van der Waals surface area contributed by atoms with Gasteiger partial charge >= 0.3 is 0 Å². The van der Waals surface area contributed by atoms with E-state index in [2.05, 4.69) is 25.0 Å². The van der Waals surface area contributed by atoms with Crippen molar-refractivity contribution in [2.75, 3.05) is 13.1 Å². The van der Waals surface area contributed by atoms with Gasteiger partial charge in [0.15, 0.2) is 0 Å². The highest BCUT2D eigenvalue weighted by molar-refractivity contribution is 7.89. The molecule has 236 valence electrons. The Morgan fingerprint density at radius 2 is 1.77 bits per heavy atom. The number of hydrogen-bond acceptors (Lipinski definition) is 7. The number of aliphatic hydroxyl groups is 1. The smallest absolute Gasteiger partial charge is 0.240 e. The average molecular weight is 645 g/mol. The van der Waals surface area contributed by atoms with Crippen LogP contribution in [0.5, 0.6) is 0 Å². The number of aliphatic hydroxyl groups excluding tert-OH is 1. The Morgan fingerprint density at radius 3 is 2.39 bits per heavy atom. The molecule has 3 N–H and O–H groups in total. The molecule has 0 saturated heterocycles. The van der Waals surface area contributed by atoms with Crippen molar-refractivity contribution in [2.24, 2.45) is 11.0 Å². The van der Waals surface area contributed by atoms with Gasteiger partial charge in [0.2, 0.25) is 10.0 Å². The molecule has 0 fully saturated rings. The minimum atomic E-state index is -3.89. The first-order chi connectivity index (χ1) is 20.9. The van der Waals surface area contributed by atoms with Crippen LogP contribution in [0.4, 0.5) is 4.39 Å². The second-order valence-electron chi connectivity index (χ2n) is 11.1. The number of Topliss-reactive ketones (excluding diaryl/α,β-unsaturated/α-hetero) is 1. The number of aromatic nitrogens is 1. The number of carbonyl (C=O) groups is 1. The first-order valence-electron chi connectivity index (χ1n) is 14.3. The van der Waals surface area contributed by atoms with E-state index >= 15 is 4.39 Å². The number of halogens is 2. The first kappa shape index (κ1) is 35.1. The molecule has 3 aromatic rings. The van der Waals surface area contributed by atoms with E-state index in [0.29, 0.717) is 10.6 Å². The largest absolute Gasteiger partial charge is 0.392 e. The van der Waals surface area contributed by atoms with Crippen molar-refractivity contribution in [3.63, 3.8) is 0 Å². The van der Waals surface area contributed by atoms with E-state index in [1.165, 1.54) is 18.3 Å². The molecular weight excluding hydrogens is 607 g/mol. The first-order valence-corrected chi connectivity index (χ1v) is 16.2. The molecule has 0 unspecified atom stereocenters. The Hall–Kier alpha value is -3.38. The minimum Gasteiger partial charge on any atom is -0.392 e. The van der Waals surface area contributed by atoms with Crippen LogP contribution in [0, 0.1) is 11.7 Å². The quantitative estimate of drug-likeness (QED) is 0.102. The summed E-state index contributed by atoms with van der Waals surface area (Å²) in [6.07, 6.45) is 1.84. The van der Waals surface area contributed by atoms with Crippen molar-refractivity contribution in [3.05, 3.63) is 105 Å². The normalized spacial score (nSPS) is 14.4. The molecule has 0 aliphatic carbocycles. The molecule has 0 aliphatic heterocycles. The standard InChI is InChI=1S/C31H38ClFN6O4S/c1-20(2)30(22-9-11-24(32)12-10-22)31(37-39-34)29(41)15-23-17-36-19-28(33)27(23)14-13-25(18-35-16-21(3)40)38-44(42,43)26-7-5-4-6-8-26/h4-12,17,19-21,25,30-31,35,38,40H,13-16,18H2,1-3H3/t21-,25+,30-,31-/m1/s1. The van der Waals surface area contributed by atoms with Gasteiger partial charge in [0, 0.05) is 47.6 Å². The molecule has 0 spiro atoms.